The number of hydrogen-bond donors (Lipinski definition) is 2. The molecule has 0 aliphatic heterocycles. The molecule has 0 fully saturated rings. The Morgan fingerprint density at radius 3 is 2.57 bits per heavy atom. The van der Waals surface area contributed by atoms with Crippen molar-refractivity contribution in [3.8, 4) is 6.07 Å². The lowest BCUT2D eigenvalue weighted by atomic mass is 10.2. The third-order valence-electron chi connectivity index (χ3n) is 3.20. The van der Waals surface area contributed by atoms with Crippen LogP contribution in [-0.2, 0) is 4.79 Å². The summed E-state index contributed by atoms with van der Waals surface area (Å²) in [6, 6.07) is 8.83. The van der Waals surface area contributed by atoms with Crippen molar-refractivity contribution >= 4 is 11.6 Å². The van der Waals surface area contributed by atoms with Gasteiger partial charge in [-0.3, -0.25) is 4.79 Å². The van der Waals surface area contributed by atoms with E-state index in [-0.39, 0.29) is 12.5 Å². The Morgan fingerprint density at radius 2 is 2.00 bits per heavy atom. The van der Waals surface area contributed by atoms with Gasteiger partial charge in [0.2, 0.25) is 5.91 Å². The van der Waals surface area contributed by atoms with Gasteiger partial charge in [0, 0.05) is 25.2 Å². The molecule has 0 heterocycles. The molecule has 0 saturated heterocycles. The zero-order valence-corrected chi connectivity index (χ0v) is 12.5. The molecule has 0 bridgehead atoms. The minimum absolute atomic E-state index is 0.0563. The Hall–Kier alpha value is -1.90. The first-order valence-corrected chi connectivity index (χ1v) is 7.32. The van der Waals surface area contributed by atoms with Crippen LogP contribution in [0.2, 0.25) is 0 Å². The van der Waals surface area contributed by atoms with E-state index in [0.29, 0.717) is 30.8 Å². The Balaban J connectivity index is 2.39. The monoisotopic (exact) mass is 289 g/mol. The molecule has 114 valence electrons. The van der Waals surface area contributed by atoms with Crippen LogP contribution in [0.3, 0.4) is 0 Å². The molecule has 0 atom stereocenters. The van der Waals surface area contributed by atoms with Crippen molar-refractivity contribution < 1.29 is 9.90 Å². The zero-order chi connectivity index (χ0) is 15.5. The predicted octanol–water partition coefficient (Wildman–Crippen LogP) is 1.98. The largest absolute Gasteiger partial charge is 0.395 e. The lowest BCUT2D eigenvalue weighted by molar-refractivity contribution is -0.116. The highest BCUT2D eigenvalue weighted by atomic mass is 16.3. The van der Waals surface area contributed by atoms with E-state index in [1.54, 1.807) is 24.3 Å². The molecule has 0 aromatic heterocycles. The SMILES string of the molecule is CCCCN(CCO)CCC(=O)Nc1ccc(C#N)cc1. The summed E-state index contributed by atoms with van der Waals surface area (Å²) in [6.07, 6.45) is 2.56. The molecule has 5 nitrogen and oxygen atoms in total. The fourth-order valence-electron chi connectivity index (χ4n) is 1.97. The van der Waals surface area contributed by atoms with Crippen LogP contribution in [0, 0.1) is 11.3 Å². The number of carbonyl (C=O) groups excluding carboxylic acids is 1. The topological polar surface area (TPSA) is 76.4 Å². The molecule has 0 unspecified atom stereocenters. The quantitative estimate of drug-likeness (QED) is 0.729. The summed E-state index contributed by atoms with van der Waals surface area (Å²) >= 11 is 0. The summed E-state index contributed by atoms with van der Waals surface area (Å²) in [4.78, 5) is 14.0. The van der Waals surface area contributed by atoms with Gasteiger partial charge in [0.1, 0.15) is 0 Å². The molecule has 5 heteroatoms. The predicted molar refractivity (Wildman–Crippen MR) is 82.8 cm³/mol. The minimum atomic E-state index is -0.0563. The van der Waals surface area contributed by atoms with Crippen molar-refractivity contribution in [2.45, 2.75) is 26.2 Å². The van der Waals surface area contributed by atoms with Gasteiger partial charge in [0.25, 0.3) is 0 Å². The van der Waals surface area contributed by atoms with E-state index >= 15 is 0 Å². The normalized spacial score (nSPS) is 10.4. The molecule has 1 aromatic rings. The molecular formula is C16H23N3O2. The molecule has 0 aliphatic rings. The molecule has 0 aliphatic carbocycles. The molecule has 0 spiro atoms. The van der Waals surface area contributed by atoms with Crippen LogP contribution in [0.1, 0.15) is 31.7 Å². The molecule has 1 rings (SSSR count). The third-order valence-corrected chi connectivity index (χ3v) is 3.20. The molecule has 1 amide bonds. The summed E-state index contributed by atoms with van der Waals surface area (Å²) < 4.78 is 0. The van der Waals surface area contributed by atoms with Crippen LogP contribution < -0.4 is 5.32 Å². The standard InChI is InChI=1S/C16H23N3O2/c1-2-3-9-19(11-12-20)10-8-16(21)18-15-6-4-14(13-17)5-7-15/h4-7,20H,2-3,8-12H2,1H3,(H,18,21). The van der Waals surface area contributed by atoms with Gasteiger partial charge in [-0.05, 0) is 37.2 Å². The van der Waals surface area contributed by atoms with Crippen LogP contribution in [0.5, 0.6) is 0 Å². The van der Waals surface area contributed by atoms with E-state index in [9.17, 15) is 4.79 Å². The first-order chi connectivity index (χ1) is 10.2. The molecule has 2 N–H and O–H groups in total. The number of benzene rings is 1. The van der Waals surface area contributed by atoms with E-state index < -0.39 is 0 Å². The second-order valence-corrected chi connectivity index (χ2v) is 4.91. The number of aliphatic hydroxyl groups is 1. The highest BCUT2D eigenvalue weighted by molar-refractivity contribution is 5.90. The molecule has 1 aromatic carbocycles. The highest BCUT2D eigenvalue weighted by Crippen LogP contribution is 2.09. The van der Waals surface area contributed by atoms with Crippen molar-refractivity contribution in [3.63, 3.8) is 0 Å². The fraction of sp³-hybridized carbons (Fsp3) is 0.500. The molecular weight excluding hydrogens is 266 g/mol. The Kier molecular flexibility index (Phi) is 8.10. The summed E-state index contributed by atoms with van der Waals surface area (Å²) in [5.41, 5.74) is 1.27. The highest BCUT2D eigenvalue weighted by Gasteiger charge is 2.08. The summed E-state index contributed by atoms with van der Waals surface area (Å²) in [5, 5.41) is 20.5. The van der Waals surface area contributed by atoms with E-state index in [0.717, 1.165) is 19.4 Å². The minimum Gasteiger partial charge on any atom is -0.395 e. The van der Waals surface area contributed by atoms with Gasteiger partial charge in [-0.15, -0.1) is 0 Å². The Labute approximate surface area is 126 Å². The Morgan fingerprint density at radius 1 is 1.29 bits per heavy atom. The van der Waals surface area contributed by atoms with Crippen LogP contribution in [-0.4, -0.2) is 42.2 Å². The summed E-state index contributed by atoms with van der Waals surface area (Å²) in [6.45, 7) is 4.38. The summed E-state index contributed by atoms with van der Waals surface area (Å²) in [5.74, 6) is -0.0563. The average molecular weight is 289 g/mol. The molecule has 0 radical (unpaired) electrons. The van der Waals surface area contributed by atoms with Gasteiger partial charge < -0.3 is 15.3 Å². The number of rotatable bonds is 9. The first-order valence-electron chi connectivity index (χ1n) is 7.32. The lowest BCUT2D eigenvalue weighted by Crippen LogP contribution is -2.31. The van der Waals surface area contributed by atoms with Gasteiger partial charge >= 0.3 is 0 Å². The Bertz CT molecular complexity index is 465. The first kappa shape index (κ1) is 17.2. The number of nitrogens with zero attached hydrogens (tertiary/aromatic N) is 2. The number of unbranched alkanes of at least 4 members (excludes halogenated alkanes) is 1. The number of carbonyl (C=O) groups is 1. The van der Waals surface area contributed by atoms with Crippen molar-refractivity contribution in [2.24, 2.45) is 0 Å². The van der Waals surface area contributed by atoms with Crippen molar-refractivity contribution in [2.75, 3.05) is 31.6 Å². The average Bonchev–Trinajstić information content (AvgIpc) is 2.51. The van der Waals surface area contributed by atoms with Gasteiger partial charge in [-0.2, -0.15) is 5.26 Å². The van der Waals surface area contributed by atoms with Gasteiger partial charge in [-0.1, -0.05) is 13.3 Å². The maximum absolute atomic E-state index is 11.9. The molecule has 0 saturated carbocycles. The summed E-state index contributed by atoms with van der Waals surface area (Å²) in [7, 11) is 0. The van der Waals surface area contributed by atoms with Crippen LogP contribution >= 0.6 is 0 Å². The second-order valence-electron chi connectivity index (χ2n) is 4.91. The number of amides is 1. The van der Waals surface area contributed by atoms with Crippen molar-refractivity contribution in [3.05, 3.63) is 29.8 Å². The van der Waals surface area contributed by atoms with Crippen LogP contribution in [0.15, 0.2) is 24.3 Å². The maximum atomic E-state index is 11.9. The number of anilines is 1. The van der Waals surface area contributed by atoms with Gasteiger partial charge in [0.15, 0.2) is 0 Å². The fourth-order valence-corrected chi connectivity index (χ4v) is 1.97. The van der Waals surface area contributed by atoms with Gasteiger partial charge in [0.05, 0.1) is 18.2 Å². The van der Waals surface area contributed by atoms with Gasteiger partial charge in [-0.25, -0.2) is 0 Å². The number of nitrogens with one attached hydrogen (secondary N) is 1. The smallest absolute Gasteiger partial charge is 0.225 e. The van der Waals surface area contributed by atoms with E-state index in [4.69, 9.17) is 10.4 Å². The lowest BCUT2D eigenvalue weighted by Gasteiger charge is -2.20. The zero-order valence-electron chi connectivity index (χ0n) is 12.5. The van der Waals surface area contributed by atoms with E-state index in [1.165, 1.54) is 0 Å². The van der Waals surface area contributed by atoms with Crippen LogP contribution in [0.25, 0.3) is 0 Å². The van der Waals surface area contributed by atoms with E-state index in [2.05, 4.69) is 17.1 Å². The van der Waals surface area contributed by atoms with Crippen molar-refractivity contribution in [1.82, 2.24) is 4.90 Å². The third kappa shape index (κ3) is 6.89. The molecule has 21 heavy (non-hydrogen) atoms. The van der Waals surface area contributed by atoms with Crippen molar-refractivity contribution in [1.29, 1.82) is 5.26 Å². The van der Waals surface area contributed by atoms with E-state index in [1.807, 2.05) is 6.07 Å². The number of hydrogen-bond acceptors (Lipinski definition) is 4. The number of aliphatic hydroxyl groups excluding tert-OH is 1. The van der Waals surface area contributed by atoms with Crippen LogP contribution in [0.4, 0.5) is 5.69 Å². The second kappa shape index (κ2) is 9.92. The number of nitriles is 1. The maximum Gasteiger partial charge on any atom is 0.225 e.